The monoisotopic (exact) mass is 230 g/mol. The van der Waals surface area contributed by atoms with E-state index in [4.69, 9.17) is 5.26 Å². The molecule has 0 amide bonds. The van der Waals surface area contributed by atoms with E-state index in [-0.39, 0.29) is 17.8 Å². The Morgan fingerprint density at radius 2 is 2.33 bits per heavy atom. The summed E-state index contributed by atoms with van der Waals surface area (Å²) in [5.41, 5.74) is 0. The van der Waals surface area contributed by atoms with Crippen LogP contribution in [-0.2, 0) is 9.84 Å². The minimum Gasteiger partial charge on any atom is -0.309 e. The van der Waals surface area contributed by atoms with E-state index < -0.39 is 9.84 Å². The lowest BCUT2D eigenvalue weighted by Gasteiger charge is -2.26. The van der Waals surface area contributed by atoms with Gasteiger partial charge in [-0.3, -0.25) is 0 Å². The van der Waals surface area contributed by atoms with Crippen LogP contribution < -0.4 is 5.32 Å². The zero-order valence-corrected chi connectivity index (χ0v) is 9.89. The number of hydrogen-bond acceptors (Lipinski definition) is 4. The van der Waals surface area contributed by atoms with Crippen LogP contribution in [0.1, 0.15) is 32.6 Å². The van der Waals surface area contributed by atoms with Crippen molar-refractivity contribution in [1.29, 1.82) is 5.26 Å². The first-order valence-electron chi connectivity index (χ1n) is 5.41. The summed E-state index contributed by atoms with van der Waals surface area (Å²) in [4.78, 5) is 0. The van der Waals surface area contributed by atoms with Gasteiger partial charge in [0.15, 0.2) is 9.84 Å². The first kappa shape index (κ1) is 12.5. The summed E-state index contributed by atoms with van der Waals surface area (Å²) in [5, 5.41) is 11.9. The molecular weight excluding hydrogens is 212 g/mol. The van der Waals surface area contributed by atoms with Crippen molar-refractivity contribution in [3.8, 4) is 6.07 Å². The molecule has 0 aliphatic carbocycles. The van der Waals surface area contributed by atoms with Crippen molar-refractivity contribution in [2.45, 2.75) is 44.7 Å². The SMILES string of the molecule is CCC(CC#N)NC1CCCS(=O)(=O)C1. The Morgan fingerprint density at radius 3 is 2.87 bits per heavy atom. The van der Waals surface area contributed by atoms with Gasteiger partial charge in [-0.05, 0) is 19.3 Å². The third kappa shape index (κ3) is 4.18. The van der Waals surface area contributed by atoms with E-state index in [9.17, 15) is 8.42 Å². The predicted octanol–water partition coefficient (Wildman–Crippen LogP) is 0.845. The van der Waals surface area contributed by atoms with Crippen LogP contribution >= 0.6 is 0 Å². The van der Waals surface area contributed by atoms with Gasteiger partial charge in [-0.25, -0.2) is 8.42 Å². The summed E-state index contributed by atoms with van der Waals surface area (Å²) in [6, 6.07) is 2.29. The van der Waals surface area contributed by atoms with Crippen molar-refractivity contribution in [3.63, 3.8) is 0 Å². The summed E-state index contributed by atoms with van der Waals surface area (Å²) in [6.45, 7) is 2.01. The number of nitrogens with one attached hydrogen (secondary N) is 1. The first-order chi connectivity index (χ1) is 7.07. The molecule has 0 spiro atoms. The van der Waals surface area contributed by atoms with Gasteiger partial charge in [0.1, 0.15) is 0 Å². The minimum atomic E-state index is -2.85. The van der Waals surface area contributed by atoms with E-state index in [0.717, 1.165) is 19.3 Å². The fraction of sp³-hybridized carbons (Fsp3) is 0.900. The highest BCUT2D eigenvalue weighted by molar-refractivity contribution is 7.91. The molecule has 0 aromatic rings. The molecule has 0 bridgehead atoms. The van der Waals surface area contributed by atoms with Crippen LogP contribution in [0, 0.1) is 11.3 Å². The maximum absolute atomic E-state index is 11.4. The maximum Gasteiger partial charge on any atom is 0.151 e. The summed E-state index contributed by atoms with van der Waals surface area (Å²) in [5.74, 6) is 0.551. The molecule has 1 aliphatic rings. The van der Waals surface area contributed by atoms with Crippen molar-refractivity contribution in [2.24, 2.45) is 0 Å². The molecule has 4 nitrogen and oxygen atoms in total. The van der Waals surface area contributed by atoms with Crippen LogP contribution in [0.3, 0.4) is 0 Å². The van der Waals surface area contributed by atoms with Gasteiger partial charge in [-0.15, -0.1) is 0 Å². The van der Waals surface area contributed by atoms with E-state index in [1.165, 1.54) is 0 Å². The third-order valence-corrected chi connectivity index (χ3v) is 4.59. The molecular formula is C10H18N2O2S. The lowest BCUT2D eigenvalue weighted by molar-refractivity contribution is 0.409. The third-order valence-electron chi connectivity index (χ3n) is 2.76. The van der Waals surface area contributed by atoms with E-state index >= 15 is 0 Å². The highest BCUT2D eigenvalue weighted by atomic mass is 32.2. The standard InChI is InChI=1S/C10H18N2O2S/c1-2-9(5-6-11)12-10-4-3-7-15(13,14)8-10/h9-10,12H,2-5,7-8H2,1H3. The molecule has 1 saturated heterocycles. The van der Waals surface area contributed by atoms with Crippen LogP contribution in [0.4, 0.5) is 0 Å². The molecule has 1 heterocycles. The Hall–Kier alpha value is -0.600. The van der Waals surface area contributed by atoms with Gasteiger partial charge in [0.25, 0.3) is 0 Å². The highest BCUT2D eigenvalue weighted by Crippen LogP contribution is 2.13. The van der Waals surface area contributed by atoms with Crippen molar-refractivity contribution in [3.05, 3.63) is 0 Å². The van der Waals surface area contributed by atoms with E-state index in [1.807, 2.05) is 6.92 Å². The summed E-state index contributed by atoms with van der Waals surface area (Å²) >= 11 is 0. The highest BCUT2D eigenvalue weighted by Gasteiger charge is 2.25. The average molecular weight is 230 g/mol. The van der Waals surface area contributed by atoms with E-state index in [2.05, 4.69) is 11.4 Å². The molecule has 0 radical (unpaired) electrons. The van der Waals surface area contributed by atoms with E-state index in [1.54, 1.807) is 0 Å². The molecule has 0 aromatic heterocycles. The zero-order valence-electron chi connectivity index (χ0n) is 9.07. The second kappa shape index (κ2) is 5.47. The van der Waals surface area contributed by atoms with Gasteiger partial charge in [0.05, 0.1) is 24.0 Å². The van der Waals surface area contributed by atoms with Gasteiger partial charge in [0, 0.05) is 12.1 Å². The van der Waals surface area contributed by atoms with Gasteiger partial charge >= 0.3 is 0 Å². The van der Waals surface area contributed by atoms with E-state index in [0.29, 0.717) is 12.2 Å². The molecule has 15 heavy (non-hydrogen) atoms. The van der Waals surface area contributed by atoms with Gasteiger partial charge in [-0.1, -0.05) is 6.92 Å². The van der Waals surface area contributed by atoms with Gasteiger partial charge in [-0.2, -0.15) is 5.26 Å². The minimum absolute atomic E-state index is 0.0436. The molecule has 1 fully saturated rings. The Labute approximate surface area is 91.6 Å². The predicted molar refractivity (Wildman–Crippen MR) is 59.1 cm³/mol. The summed E-state index contributed by atoms with van der Waals surface area (Å²) in [6.07, 6.45) is 2.96. The topological polar surface area (TPSA) is 70.0 Å². The lowest BCUT2D eigenvalue weighted by Crippen LogP contribution is -2.45. The fourth-order valence-corrected chi connectivity index (χ4v) is 3.57. The van der Waals surface area contributed by atoms with Crippen LogP contribution in [0.15, 0.2) is 0 Å². The summed E-state index contributed by atoms with van der Waals surface area (Å²) in [7, 11) is -2.85. The van der Waals surface area contributed by atoms with Crippen LogP contribution in [0.5, 0.6) is 0 Å². The molecule has 1 aliphatic heterocycles. The molecule has 86 valence electrons. The second-order valence-electron chi connectivity index (χ2n) is 4.09. The quantitative estimate of drug-likeness (QED) is 0.777. The number of nitrogens with zero attached hydrogens (tertiary/aromatic N) is 1. The van der Waals surface area contributed by atoms with Crippen LogP contribution in [0.25, 0.3) is 0 Å². The maximum atomic E-state index is 11.4. The van der Waals surface area contributed by atoms with Gasteiger partial charge < -0.3 is 5.32 Å². The smallest absolute Gasteiger partial charge is 0.151 e. The number of rotatable bonds is 4. The largest absolute Gasteiger partial charge is 0.309 e. The molecule has 2 unspecified atom stereocenters. The first-order valence-corrected chi connectivity index (χ1v) is 7.23. The van der Waals surface area contributed by atoms with Crippen molar-refractivity contribution in [1.82, 2.24) is 5.32 Å². The normalized spacial score (nSPS) is 26.8. The molecule has 1 N–H and O–H groups in total. The van der Waals surface area contributed by atoms with Crippen molar-refractivity contribution >= 4 is 9.84 Å². The number of sulfone groups is 1. The second-order valence-corrected chi connectivity index (χ2v) is 6.32. The Morgan fingerprint density at radius 1 is 1.60 bits per heavy atom. The fourth-order valence-electron chi connectivity index (χ4n) is 1.92. The summed E-state index contributed by atoms with van der Waals surface area (Å²) < 4.78 is 22.8. The molecule has 2 atom stereocenters. The Balaban J connectivity index is 2.47. The van der Waals surface area contributed by atoms with Crippen LogP contribution in [-0.4, -0.2) is 32.0 Å². The lowest BCUT2D eigenvalue weighted by atomic mass is 10.1. The van der Waals surface area contributed by atoms with Crippen molar-refractivity contribution < 1.29 is 8.42 Å². The van der Waals surface area contributed by atoms with Crippen LogP contribution in [0.2, 0.25) is 0 Å². The average Bonchev–Trinajstić information content (AvgIpc) is 2.15. The molecule has 0 aromatic carbocycles. The number of hydrogen-bond donors (Lipinski definition) is 1. The molecule has 5 heteroatoms. The molecule has 0 saturated carbocycles. The van der Waals surface area contributed by atoms with Gasteiger partial charge in [0.2, 0.25) is 0 Å². The number of nitriles is 1. The van der Waals surface area contributed by atoms with Crippen molar-refractivity contribution in [2.75, 3.05) is 11.5 Å². The Kier molecular flexibility index (Phi) is 4.55. The zero-order chi connectivity index (χ0) is 11.3. The molecule has 1 rings (SSSR count). The Bertz CT molecular complexity index is 332.